The molecule has 1 heterocycles. The molecule has 5 nitrogen and oxygen atoms in total. The van der Waals surface area contributed by atoms with Gasteiger partial charge in [-0.2, -0.15) is 0 Å². The number of hydrogen-bond donors (Lipinski definition) is 1. The van der Waals surface area contributed by atoms with Crippen molar-refractivity contribution < 1.29 is 14.6 Å². The Labute approximate surface area is 88.1 Å². The van der Waals surface area contributed by atoms with Crippen molar-refractivity contribution in [2.75, 3.05) is 7.11 Å². The van der Waals surface area contributed by atoms with Crippen LogP contribution >= 0.6 is 0 Å². The Morgan fingerprint density at radius 1 is 1.40 bits per heavy atom. The quantitative estimate of drug-likeness (QED) is 0.811. The Hall–Kier alpha value is -1.65. The van der Waals surface area contributed by atoms with E-state index in [-0.39, 0.29) is 11.8 Å². The van der Waals surface area contributed by atoms with Crippen molar-refractivity contribution in [2.24, 2.45) is 5.92 Å². The molecule has 1 atom stereocenters. The molecule has 0 saturated carbocycles. The monoisotopic (exact) mass is 210 g/mol. The van der Waals surface area contributed by atoms with E-state index in [1.807, 2.05) is 13.8 Å². The van der Waals surface area contributed by atoms with Gasteiger partial charge in [0, 0.05) is 12.4 Å². The van der Waals surface area contributed by atoms with Crippen molar-refractivity contribution in [1.29, 1.82) is 0 Å². The number of rotatable bonds is 4. The van der Waals surface area contributed by atoms with Gasteiger partial charge in [0.2, 0.25) is 5.88 Å². The van der Waals surface area contributed by atoms with Gasteiger partial charge in [-0.3, -0.25) is 9.78 Å². The van der Waals surface area contributed by atoms with E-state index < -0.39 is 11.9 Å². The third kappa shape index (κ3) is 2.43. The molecular weight excluding hydrogens is 196 g/mol. The van der Waals surface area contributed by atoms with Crippen LogP contribution < -0.4 is 4.74 Å². The molecule has 1 unspecified atom stereocenters. The molecule has 0 radical (unpaired) electrons. The standard InChI is InChI=1S/C10H14N2O3/c1-6(2)7(10(13)14)8-9(15-3)12-5-4-11-8/h4-7H,1-3H3,(H,13,14). The first-order valence-electron chi connectivity index (χ1n) is 4.65. The molecule has 15 heavy (non-hydrogen) atoms. The summed E-state index contributed by atoms with van der Waals surface area (Å²) in [6.45, 7) is 3.65. The van der Waals surface area contributed by atoms with Gasteiger partial charge in [-0.25, -0.2) is 4.98 Å². The van der Waals surface area contributed by atoms with E-state index in [4.69, 9.17) is 9.84 Å². The lowest BCUT2D eigenvalue weighted by Gasteiger charge is -2.16. The topological polar surface area (TPSA) is 72.3 Å². The minimum absolute atomic E-state index is 0.0619. The van der Waals surface area contributed by atoms with Crippen LogP contribution in [0.25, 0.3) is 0 Å². The average molecular weight is 210 g/mol. The molecule has 1 aromatic heterocycles. The minimum atomic E-state index is -0.913. The summed E-state index contributed by atoms with van der Waals surface area (Å²) in [6.07, 6.45) is 2.94. The fourth-order valence-corrected chi connectivity index (χ4v) is 1.42. The first kappa shape index (κ1) is 11.4. The van der Waals surface area contributed by atoms with Crippen LogP contribution in [0.15, 0.2) is 12.4 Å². The van der Waals surface area contributed by atoms with Gasteiger partial charge in [-0.15, -0.1) is 0 Å². The van der Waals surface area contributed by atoms with Crippen molar-refractivity contribution in [3.63, 3.8) is 0 Å². The summed E-state index contributed by atoms with van der Waals surface area (Å²) in [5.74, 6) is -1.39. The van der Waals surface area contributed by atoms with Gasteiger partial charge in [0.25, 0.3) is 0 Å². The van der Waals surface area contributed by atoms with Crippen LogP contribution in [0.5, 0.6) is 5.88 Å². The number of ether oxygens (including phenoxy) is 1. The summed E-state index contributed by atoms with van der Waals surface area (Å²) < 4.78 is 4.99. The lowest BCUT2D eigenvalue weighted by Crippen LogP contribution is -2.19. The van der Waals surface area contributed by atoms with Crippen molar-refractivity contribution in [3.05, 3.63) is 18.1 Å². The maximum Gasteiger partial charge on any atom is 0.313 e. The van der Waals surface area contributed by atoms with Crippen LogP contribution in [0.4, 0.5) is 0 Å². The molecule has 0 aliphatic rings. The molecule has 0 amide bonds. The van der Waals surface area contributed by atoms with Crippen molar-refractivity contribution in [1.82, 2.24) is 9.97 Å². The number of nitrogens with zero attached hydrogens (tertiary/aromatic N) is 2. The third-order valence-electron chi connectivity index (χ3n) is 2.11. The fourth-order valence-electron chi connectivity index (χ4n) is 1.42. The lowest BCUT2D eigenvalue weighted by atomic mass is 9.92. The number of hydrogen-bond acceptors (Lipinski definition) is 4. The van der Waals surface area contributed by atoms with E-state index >= 15 is 0 Å². The molecule has 0 saturated heterocycles. The predicted octanol–water partition coefficient (Wildman–Crippen LogP) is 1.31. The Kier molecular flexibility index (Phi) is 3.60. The van der Waals surface area contributed by atoms with E-state index in [1.165, 1.54) is 19.5 Å². The highest BCUT2D eigenvalue weighted by Gasteiger charge is 2.28. The summed E-state index contributed by atoms with van der Waals surface area (Å²) >= 11 is 0. The molecule has 0 bridgehead atoms. The first-order chi connectivity index (χ1) is 7.07. The average Bonchev–Trinajstić information content (AvgIpc) is 2.17. The van der Waals surface area contributed by atoms with Crippen LogP contribution in [0, 0.1) is 5.92 Å². The maximum atomic E-state index is 11.1. The Balaban J connectivity index is 3.16. The van der Waals surface area contributed by atoms with Gasteiger partial charge in [-0.1, -0.05) is 13.8 Å². The van der Waals surface area contributed by atoms with E-state index in [0.717, 1.165) is 0 Å². The summed E-state index contributed by atoms with van der Waals surface area (Å²) in [5.41, 5.74) is 0.377. The number of carbonyl (C=O) groups is 1. The number of carboxylic acid groups (broad SMARTS) is 1. The minimum Gasteiger partial charge on any atom is -0.481 e. The zero-order valence-electron chi connectivity index (χ0n) is 8.97. The highest BCUT2D eigenvalue weighted by molar-refractivity contribution is 5.76. The normalized spacial score (nSPS) is 12.5. The first-order valence-corrected chi connectivity index (χ1v) is 4.65. The molecule has 82 valence electrons. The van der Waals surface area contributed by atoms with Gasteiger partial charge in [-0.05, 0) is 5.92 Å². The van der Waals surface area contributed by atoms with Gasteiger partial charge < -0.3 is 9.84 Å². The molecule has 0 spiro atoms. The van der Waals surface area contributed by atoms with Crippen molar-refractivity contribution in [3.8, 4) is 5.88 Å². The van der Waals surface area contributed by atoms with Crippen molar-refractivity contribution >= 4 is 5.97 Å². The SMILES string of the molecule is COc1nccnc1C(C(=O)O)C(C)C. The number of methoxy groups -OCH3 is 1. The summed E-state index contributed by atoms with van der Waals surface area (Å²) in [5, 5.41) is 9.09. The van der Waals surface area contributed by atoms with Crippen LogP contribution in [0.3, 0.4) is 0 Å². The molecular formula is C10H14N2O3. The largest absolute Gasteiger partial charge is 0.481 e. The van der Waals surface area contributed by atoms with Crippen LogP contribution in [-0.4, -0.2) is 28.2 Å². The molecule has 0 fully saturated rings. The molecule has 0 aliphatic heterocycles. The Bertz CT molecular complexity index is 352. The molecule has 5 heteroatoms. The zero-order valence-corrected chi connectivity index (χ0v) is 8.97. The number of aliphatic carboxylic acids is 1. The number of carboxylic acids is 1. The summed E-state index contributed by atoms with van der Waals surface area (Å²) in [4.78, 5) is 19.0. The van der Waals surface area contributed by atoms with Crippen LogP contribution in [0.1, 0.15) is 25.5 Å². The van der Waals surface area contributed by atoms with Gasteiger partial charge in [0.15, 0.2) is 0 Å². The van der Waals surface area contributed by atoms with Crippen LogP contribution in [0.2, 0.25) is 0 Å². The van der Waals surface area contributed by atoms with Gasteiger partial charge in [0.05, 0.1) is 7.11 Å². The third-order valence-corrected chi connectivity index (χ3v) is 2.11. The Morgan fingerprint density at radius 2 is 2.00 bits per heavy atom. The van der Waals surface area contributed by atoms with Crippen molar-refractivity contribution in [2.45, 2.75) is 19.8 Å². The molecule has 1 aromatic rings. The maximum absolute atomic E-state index is 11.1. The molecule has 0 aromatic carbocycles. The second-order valence-corrected chi connectivity index (χ2v) is 3.51. The molecule has 1 rings (SSSR count). The van der Waals surface area contributed by atoms with Gasteiger partial charge in [0.1, 0.15) is 11.6 Å². The van der Waals surface area contributed by atoms with E-state index in [0.29, 0.717) is 5.69 Å². The van der Waals surface area contributed by atoms with E-state index in [2.05, 4.69) is 9.97 Å². The summed E-state index contributed by atoms with van der Waals surface area (Å²) in [6, 6.07) is 0. The second-order valence-electron chi connectivity index (χ2n) is 3.51. The Morgan fingerprint density at radius 3 is 2.47 bits per heavy atom. The number of aromatic nitrogens is 2. The smallest absolute Gasteiger partial charge is 0.313 e. The van der Waals surface area contributed by atoms with Gasteiger partial charge >= 0.3 is 5.97 Å². The van der Waals surface area contributed by atoms with E-state index in [1.54, 1.807) is 0 Å². The van der Waals surface area contributed by atoms with E-state index in [9.17, 15) is 4.79 Å². The fraction of sp³-hybridized carbons (Fsp3) is 0.500. The van der Waals surface area contributed by atoms with Crippen LogP contribution in [-0.2, 0) is 4.79 Å². The molecule has 0 aliphatic carbocycles. The zero-order chi connectivity index (χ0) is 11.4. The molecule has 1 N–H and O–H groups in total. The lowest BCUT2D eigenvalue weighted by molar-refractivity contribution is -0.140. The highest BCUT2D eigenvalue weighted by atomic mass is 16.5. The second kappa shape index (κ2) is 4.72. The highest BCUT2D eigenvalue weighted by Crippen LogP contribution is 2.28. The summed E-state index contributed by atoms with van der Waals surface area (Å²) in [7, 11) is 1.45. The predicted molar refractivity (Wildman–Crippen MR) is 53.8 cm³/mol.